The van der Waals surface area contributed by atoms with Crippen LogP contribution in [0.25, 0.3) is 0 Å². The maximum atomic E-state index is 11.8. The third kappa shape index (κ3) is 5.80. The van der Waals surface area contributed by atoms with Gasteiger partial charge >= 0.3 is 6.09 Å². The molecule has 144 valence electrons. The number of nitrogens with one attached hydrogen (secondary N) is 2. The van der Waals surface area contributed by atoms with Crippen LogP contribution in [0.2, 0.25) is 0 Å². The normalized spacial score (nSPS) is 14.6. The quantitative estimate of drug-likeness (QED) is 0.774. The van der Waals surface area contributed by atoms with Crippen LogP contribution in [0, 0.1) is 0 Å². The average molecular weight is 370 g/mol. The summed E-state index contributed by atoms with van der Waals surface area (Å²) in [7, 11) is 0. The first kappa shape index (κ1) is 18.9. The topological polar surface area (TPSA) is 92.3 Å². The molecule has 0 saturated carbocycles. The van der Waals surface area contributed by atoms with E-state index in [1.165, 1.54) is 5.56 Å². The number of hydrogen-bond donors (Lipinski definition) is 2. The predicted molar refractivity (Wildman–Crippen MR) is 104 cm³/mol. The second-order valence-corrected chi connectivity index (χ2v) is 6.43. The zero-order valence-electron chi connectivity index (χ0n) is 15.6. The van der Waals surface area contributed by atoms with E-state index in [-0.39, 0.29) is 12.1 Å². The highest BCUT2D eigenvalue weighted by atomic mass is 16.6. The minimum absolute atomic E-state index is 0.232. The number of benzene rings is 1. The van der Waals surface area contributed by atoms with Crippen molar-refractivity contribution >= 4 is 17.9 Å². The van der Waals surface area contributed by atoms with Crippen molar-refractivity contribution in [3.8, 4) is 0 Å². The van der Waals surface area contributed by atoms with Crippen LogP contribution >= 0.6 is 0 Å². The van der Waals surface area contributed by atoms with Gasteiger partial charge in [0.25, 0.3) is 0 Å². The molecule has 0 bridgehead atoms. The molecule has 1 saturated heterocycles. The number of aromatic nitrogens is 3. The molecule has 0 unspecified atom stereocenters. The number of piperidine rings is 1. The molecular weight excluding hydrogens is 344 g/mol. The van der Waals surface area contributed by atoms with Crippen LogP contribution < -0.4 is 10.6 Å². The largest absolute Gasteiger partial charge is 0.450 e. The van der Waals surface area contributed by atoms with Crippen molar-refractivity contribution in [3.63, 3.8) is 0 Å². The number of carbonyl (C=O) groups is 1. The summed E-state index contributed by atoms with van der Waals surface area (Å²) in [6.45, 7) is 4.32. The highest BCUT2D eigenvalue weighted by Crippen LogP contribution is 2.16. The van der Waals surface area contributed by atoms with Gasteiger partial charge in [0.2, 0.25) is 5.95 Å². The monoisotopic (exact) mass is 370 g/mol. The van der Waals surface area contributed by atoms with E-state index in [4.69, 9.17) is 4.74 Å². The lowest BCUT2D eigenvalue weighted by molar-refractivity contribution is 0.0983. The molecule has 2 N–H and O–H groups in total. The van der Waals surface area contributed by atoms with E-state index in [0.717, 1.165) is 25.8 Å². The second-order valence-electron chi connectivity index (χ2n) is 6.43. The summed E-state index contributed by atoms with van der Waals surface area (Å²) in [5, 5.41) is 14.7. The molecule has 0 atom stereocenters. The summed E-state index contributed by atoms with van der Waals surface area (Å²) in [6.07, 6.45) is 3.98. The molecule has 1 aliphatic heterocycles. The van der Waals surface area contributed by atoms with Crippen molar-refractivity contribution in [2.75, 3.05) is 36.9 Å². The smallest absolute Gasteiger partial charge is 0.409 e. The standard InChI is InChI=1S/C19H26N6O2/c1-2-27-19(26)25-12-9-16(10-13-25)22-17-14-21-24-18(23-17)20-11-8-15-6-4-3-5-7-15/h3-7,14,16H,2,8-13H2,1H3,(H2,20,22,23,24). The van der Waals surface area contributed by atoms with Crippen molar-refractivity contribution in [2.24, 2.45) is 0 Å². The Hall–Kier alpha value is -2.90. The number of amides is 1. The van der Waals surface area contributed by atoms with Crippen molar-refractivity contribution in [2.45, 2.75) is 32.2 Å². The van der Waals surface area contributed by atoms with Gasteiger partial charge in [-0.15, -0.1) is 5.10 Å². The minimum atomic E-state index is -0.232. The molecule has 1 aromatic heterocycles. The van der Waals surface area contributed by atoms with E-state index in [1.54, 1.807) is 11.1 Å². The first-order chi connectivity index (χ1) is 13.2. The van der Waals surface area contributed by atoms with Crippen molar-refractivity contribution in [1.29, 1.82) is 0 Å². The van der Waals surface area contributed by atoms with E-state index in [1.807, 2.05) is 25.1 Å². The van der Waals surface area contributed by atoms with Crippen LogP contribution in [-0.2, 0) is 11.2 Å². The van der Waals surface area contributed by atoms with Gasteiger partial charge in [-0.2, -0.15) is 10.1 Å². The Morgan fingerprint density at radius 2 is 2.04 bits per heavy atom. The van der Waals surface area contributed by atoms with Gasteiger partial charge in [0, 0.05) is 25.7 Å². The fraction of sp³-hybridized carbons (Fsp3) is 0.474. The Labute approximate surface area is 159 Å². The molecule has 27 heavy (non-hydrogen) atoms. The Balaban J connectivity index is 1.44. The van der Waals surface area contributed by atoms with E-state index < -0.39 is 0 Å². The molecule has 2 heterocycles. The van der Waals surface area contributed by atoms with Gasteiger partial charge in [-0.3, -0.25) is 0 Å². The van der Waals surface area contributed by atoms with Crippen molar-refractivity contribution in [3.05, 3.63) is 42.1 Å². The number of nitrogens with zero attached hydrogens (tertiary/aromatic N) is 4. The molecule has 8 heteroatoms. The van der Waals surface area contributed by atoms with Crippen molar-refractivity contribution < 1.29 is 9.53 Å². The number of anilines is 2. The fourth-order valence-corrected chi connectivity index (χ4v) is 3.04. The molecule has 2 aromatic rings. The van der Waals surface area contributed by atoms with Gasteiger partial charge in [-0.25, -0.2) is 4.79 Å². The fourth-order valence-electron chi connectivity index (χ4n) is 3.04. The Morgan fingerprint density at radius 1 is 1.26 bits per heavy atom. The van der Waals surface area contributed by atoms with E-state index >= 15 is 0 Å². The van der Waals surface area contributed by atoms with E-state index in [0.29, 0.717) is 31.5 Å². The van der Waals surface area contributed by atoms with Crippen molar-refractivity contribution in [1.82, 2.24) is 20.1 Å². The van der Waals surface area contributed by atoms with Crippen LogP contribution in [0.5, 0.6) is 0 Å². The third-order valence-electron chi connectivity index (χ3n) is 4.47. The number of ether oxygens (including phenoxy) is 1. The lowest BCUT2D eigenvalue weighted by atomic mass is 10.1. The molecule has 8 nitrogen and oxygen atoms in total. The van der Waals surface area contributed by atoms with Gasteiger partial charge in [0.1, 0.15) is 0 Å². The number of carbonyl (C=O) groups excluding carboxylic acids is 1. The van der Waals surface area contributed by atoms with Crippen LogP contribution in [0.3, 0.4) is 0 Å². The summed E-state index contributed by atoms with van der Waals surface area (Å²) < 4.78 is 5.05. The van der Waals surface area contributed by atoms with Crippen LogP contribution in [0.15, 0.2) is 36.5 Å². The Bertz CT molecular complexity index is 719. The SMILES string of the molecule is CCOC(=O)N1CCC(Nc2cnnc(NCCc3ccccc3)n2)CC1. The van der Waals surface area contributed by atoms with Gasteiger partial charge in [-0.05, 0) is 31.7 Å². The first-order valence-corrected chi connectivity index (χ1v) is 9.40. The number of likely N-dealkylation sites (tertiary alicyclic amines) is 1. The summed E-state index contributed by atoms with van der Waals surface area (Å²) in [4.78, 5) is 18.0. The Kier molecular flexibility index (Phi) is 6.78. The van der Waals surface area contributed by atoms with Gasteiger partial charge < -0.3 is 20.3 Å². The van der Waals surface area contributed by atoms with E-state index in [2.05, 4.69) is 37.9 Å². The van der Waals surface area contributed by atoms with E-state index in [9.17, 15) is 4.79 Å². The summed E-state index contributed by atoms with van der Waals surface area (Å²) in [5.41, 5.74) is 1.26. The third-order valence-corrected chi connectivity index (χ3v) is 4.47. The molecule has 1 amide bonds. The minimum Gasteiger partial charge on any atom is -0.450 e. The number of rotatable bonds is 7. The van der Waals surface area contributed by atoms with Gasteiger partial charge in [0.15, 0.2) is 5.82 Å². The lowest BCUT2D eigenvalue weighted by Crippen LogP contribution is -2.42. The molecule has 1 fully saturated rings. The first-order valence-electron chi connectivity index (χ1n) is 9.40. The zero-order valence-corrected chi connectivity index (χ0v) is 15.6. The second kappa shape index (κ2) is 9.70. The number of hydrogen-bond acceptors (Lipinski definition) is 7. The molecule has 3 rings (SSSR count). The molecule has 0 aliphatic carbocycles. The summed E-state index contributed by atoms with van der Waals surface area (Å²) >= 11 is 0. The molecule has 1 aromatic carbocycles. The maximum absolute atomic E-state index is 11.8. The average Bonchev–Trinajstić information content (AvgIpc) is 2.70. The zero-order chi connectivity index (χ0) is 18.9. The maximum Gasteiger partial charge on any atom is 0.409 e. The molecular formula is C19H26N6O2. The van der Waals surface area contributed by atoms with Crippen LogP contribution in [-0.4, -0.2) is 58.5 Å². The highest BCUT2D eigenvalue weighted by Gasteiger charge is 2.23. The summed E-state index contributed by atoms with van der Waals surface area (Å²) in [6, 6.07) is 10.5. The Morgan fingerprint density at radius 3 is 2.78 bits per heavy atom. The highest BCUT2D eigenvalue weighted by molar-refractivity contribution is 5.67. The molecule has 0 radical (unpaired) electrons. The molecule has 0 spiro atoms. The predicted octanol–water partition coefficient (Wildman–Crippen LogP) is 2.56. The van der Waals surface area contributed by atoms with Crippen LogP contribution in [0.1, 0.15) is 25.3 Å². The van der Waals surface area contributed by atoms with Gasteiger partial charge in [-0.1, -0.05) is 30.3 Å². The molecule has 1 aliphatic rings. The lowest BCUT2D eigenvalue weighted by Gasteiger charge is -2.31. The van der Waals surface area contributed by atoms with Crippen LogP contribution in [0.4, 0.5) is 16.6 Å². The summed E-state index contributed by atoms with van der Waals surface area (Å²) in [5.74, 6) is 1.21. The van der Waals surface area contributed by atoms with Gasteiger partial charge in [0.05, 0.1) is 12.8 Å².